The Morgan fingerprint density at radius 1 is 1.27 bits per heavy atom. The number of nitrogens with two attached hydrogens (primary N) is 1. The molecular formula is C11H12BrNO2. The highest BCUT2D eigenvalue weighted by Gasteiger charge is 2.30. The zero-order valence-electron chi connectivity index (χ0n) is 8.24. The minimum Gasteiger partial charge on any atom is -0.399 e. The number of fused-ring (bicyclic) bond motifs is 1. The van der Waals surface area contributed by atoms with Crippen molar-refractivity contribution in [1.82, 2.24) is 0 Å². The molecule has 0 bridgehead atoms. The molecule has 0 fully saturated rings. The molecule has 1 aromatic carbocycles. The molecule has 0 aromatic heterocycles. The predicted octanol–water partition coefficient (Wildman–Crippen LogP) is 1.64. The Balaban J connectivity index is 2.67. The summed E-state index contributed by atoms with van der Waals surface area (Å²) in [5, 5.41) is 19.9. The highest BCUT2D eigenvalue weighted by atomic mass is 79.9. The Bertz CT molecular complexity index is 442. The quantitative estimate of drug-likeness (QED) is 0.671. The molecule has 0 spiro atoms. The van der Waals surface area contributed by atoms with Crippen LogP contribution in [0.2, 0.25) is 0 Å². The molecule has 0 aliphatic heterocycles. The summed E-state index contributed by atoms with van der Waals surface area (Å²) in [4.78, 5) is 0. The summed E-state index contributed by atoms with van der Waals surface area (Å²) in [6.45, 7) is 1.90. The van der Waals surface area contributed by atoms with Crippen LogP contribution in [0.1, 0.15) is 28.9 Å². The molecule has 1 aliphatic carbocycles. The summed E-state index contributed by atoms with van der Waals surface area (Å²) in [5.74, 6) is 0. The van der Waals surface area contributed by atoms with Gasteiger partial charge in [-0.3, -0.25) is 0 Å². The first-order valence-corrected chi connectivity index (χ1v) is 5.44. The zero-order chi connectivity index (χ0) is 11.2. The summed E-state index contributed by atoms with van der Waals surface area (Å²) in [6.07, 6.45) is -1.61. The van der Waals surface area contributed by atoms with Gasteiger partial charge in [-0.2, -0.15) is 0 Å². The SMILES string of the molecule is Cc1cccc2c1C(O)C(Br)=C(N)C2O. The van der Waals surface area contributed by atoms with Gasteiger partial charge in [0.2, 0.25) is 0 Å². The first-order chi connectivity index (χ1) is 7.04. The summed E-state index contributed by atoms with van der Waals surface area (Å²) in [5.41, 5.74) is 8.35. The third-order valence-electron chi connectivity index (χ3n) is 2.74. The third-order valence-corrected chi connectivity index (χ3v) is 3.63. The van der Waals surface area contributed by atoms with Crippen molar-refractivity contribution in [3.63, 3.8) is 0 Å². The fraction of sp³-hybridized carbons (Fsp3) is 0.273. The molecule has 0 amide bonds. The zero-order valence-corrected chi connectivity index (χ0v) is 9.82. The van der Waals surface area contributed by atoms with Crippen molar-refractivity contribution in [2.45, 2.75) is 19.1 Å². The number of aliphatic hydroxyl groups excluding tert-OH is 2. The van der Waals surface area contributed by atoms with Crippen molar-refractivity contribution >= 4 is 15.9 Å². The number of hydrogen-bond donors (Lipinski definition) is 3. The van der Waals surface area contributed by atoms with Crippen LogP contribution in [0, 0.1) is 6.92 Å². The van der Waals surface area contributed by atoms with Crippen molar-refractivity contribution in [3.05, 3.63) is 45.1 Å². The fourth-order valence-electron chi connectivity index (χ4n) is 1.90. The van der Waals surface area contributed by atoms with Crippen LogP contribution in [-0.4, -0.2) is 10.2 Å². The van der Waals surface area contributed by atoms with E-state index < -0.39 is 12.2 Å². The van der Waals surface area contributed by atoms with Crippen LogP contribution in [0.5, 0.6) is 0 Å². The average Bonchev–Trinajstić information content (AvgIpc) is 2.23. The second kappa shape index (κ2) is 3.63. The summed E-state index contributed by atoms with van der Waals surface area (Å²) >= 11 is 3.21. The lowest BCUT2D eigenvalue weighted by molar-refractivity contribution is 0.174. The Kier molecular flexibility index (Phi) is 2.58. The molecule has 0 saturated carbocycles. The van der Waals surface area contributed by atoms with Gasteiger partial charge in [-0.1, -0.05) is 34.1 Å². The average molecular weight is 270 g/mol. The van der Waals surface area contributed by atoms with Crippen molar-refractivity contribution in [1.29, 1.82) is 0 Å². The molecule has 0 saturated heterocycles. The molecule has 3 nitrogen and oxygen atoms in total. The van der Waals surface area contributed by atoms with Gasteiger partial charge >= 0.3 is 0 Å². The minimum absolute atomic E-state index is 0.278. The number of rotatable bonds is 0. The van der Waals surface area contributed by atoms with Gasteiger partial charge in [-0.15, -0.1) is 0 Å². The molecule has 4 heteroatoms. The number of hydrogen-bond acceptors (Lipinski definition) is 3. The van der Waals surface area contributed by atoms with E-state index in [1.54, 1.807) is 6.07 Å². The van der Waals surface area contributed by atoms with Gasteiger partial charge in [0, 0.05) is 4.48 Å². The van der Waals surface area contributed by atoms with Crippen LogP contribution in [0.15, 0.2) is 28.4 Å². The Hall–Kier alpha value is -0.840. The van der Waals surface area contributed by atoms with Crippen LogP contribution in [-0.2, 0) is 0 Å². The fourth-order valence-corrected chi connectivity index (χ4v) is 2.34. The van der Waals surface area contributed by atoms with Gasteiger partial charge in [0.25, 0.3) is 0 Å². The number of aliphatic hydroxyl groups is 2. The summed E-state index contributed by atoms with van der Waals surface area (Å²) in [6, 6.07) is 5.52. The van der Waals surface area contributed by atoms with Crippen LogP contribution in [0.4, 0.5) is 0 Å². The van der Waals surface area contributed by atoms with Gasteiger partial charge in [-0.05, 0) is 23.6 Å². The molecule has 1 aromatic rings. The summed E-state index contributed by atoms with van der Waals surface area (Å²) in [7, 11) is 0. The molecule has 2 rings (SSSR count). The van der Waals surface area contributed by atoms with E-state index in [1.165, 1.54) is 0 Å². The maximum absolute atomic E-state index is 10.0. The molecule has 0 radical (unpaired) electrons. The van der Waals surface area contributed by atoms with E-state index in [-0.39, 0.29) is 5.70 Å². The molecular weight excluding hydrogens is 258 g/mol. The smallest absolute Gasteiger partial charge is 0.120 e. The van der Waals surface area contributed by atoms with Gasteiger partial charge < -0.3 is 15.9 Å². The van der Waals surface area contributed by atoms with Gasteiger partial charge in [-0.25, -0.2) is 0 Å². The number of halogens is 1. The predicted molar refractivity (Wildman–Crippen MR) is 61.2 cm³/mol. The molecule has 80 valence electrons. The maximum atomic E-state index is 10.0. The standard InChI is InChI=1S/C11H12BrNO2/c1-5-3-2-4-6-7(5)11(15)8(12)9(13)10(6)14/h2-4,10-11,14-15H,13H2,1H3. The number of benzene rings is 1. The van der Waals surface area contributed by atoms with E-state index in [2.05, 4.69) is 15.9 Å². The lowest BCUT2D eigenvalue weighted by Crippen LogP contribution is -2.22. The van der Waals surface area contributed by atoms with Crippen LogP contribution < -0.4 is 5.73 Å². The van der Waals surface area contributed by atoms with E-state index in [0.717, 1.165) is 11.1 Å². The van der Waals surface area contributed by atoms with Crippen LogP contribution in [0.3, 0.4) is 0 Å². The Morgan fingerprint density at radius 3 is 2.60 bits per heavy atom. The Labute approximate surface area is 96.4 Å². The second-order valence-corrected chi connectivity index (χ2v) is 4.54. The maximum Gasteiger partial charge on any atom is 0.120 e. The largest absolute Gasteiger partial charge is 0.399 e. The minimum atomic E-state index is -0.835. The first kappa shape index (κ1) is 10.7. The van der Waals surface area contributed by atoms with E-state index in [4.69, 9.17) is 5.73 Å². The van der Waals surface area contributed by atoms with Gasteiger partial charge in [0.05, 0.1) is 5.70 Å². The summed E-state index contributed by atoms with van der Waals surface area (Å²) < 4.78 is 0.455. The highest BCUT2D eigenvalue weighted by Crippen LogP contribution is 2.42. The third kappa shape index (κ3) is 1.49. The molecule has 1 aliphatic rings. The van der Waals surface area contributed by atoms with E-state index in [9.17, 15) is 10.2 Å². The highest BCUT2D eigenvalue weighted by molar-refractivity contribution is 9.11. The Morgan fingerprint density at radius 2 is 1.93 bits per heavy atom. The van der Waals surface area contributed by atoms with Gasteiger partial charge in [0.15, 0.2) is 0 Å². The molecule has 2 atom stereocenters. The molecule has 2 unspecified atom stereocenters. The molecule has 0 heterocycles. The van der Waals surface area contributed by atoms with Crippen molar-refractivity contribution in [2.24, 2.45) is 5.73 Å². The monoisotopic (exact) mass is 269 g/mol. The second-order valence-electron chi connectivity index (χ2n) is 3.69. The molecule has 15 heavy (non-hydrogen) atoms. The van der Waals surface area contributed by atoms with Crippen molar-refractivity contribution in [3.8, 4) is 0 Å². The van der Waals surface area contributed by atoms with Gasteiger partial charge in [0.1, 0.15) is 12.2 Å². The van der Waals surface area contributed by atoms with Crippen molar-refractivity contribution in [2.75, 3.05) is 0 Å². The lowest BCUT2D eigenvalue weighted by Gasteiger charge is -2.28. The van der Waals surface area contributed by atoms with E-state index in [1.807, 2.05) is 19.1 Å². The normalized spacial score (nSPS) is 25.3. The number of aryl methyl sites for hydroxylation is 1. The van der Waals surface area contributed by atoms with E-state index >= 15 is 0 Å². The first-order valence-electron chi connectivity index (χ1n) is 4.64. The topological polar surface area (TPSA) is 66.5 Å². The van der Waals surface area contributed by atoms with Crippen LogP contribution in [0.25, 0.3) is 0 Å². The van der Waals surface area contributed by atoms with E-state index in [0.29, 0.717) is 10.0 Å². The van der Waals surface area contributed by atoms with Crippen molar-refractivity contribution < 1.29 is 10.2 Å². The lowest BCUT2D eigenvalue weighted by atomic mass is 9.88. The molecule has 4 N–H and O–H groups in total. The van der Waals surface area contributed by atoms with Crippen LogP contribution >= 0.6 is 15.9 Å².